The van der Waals surface area contributed by atoms with Crippen molar-refractivity contribution >= 4 is 38.8 Å². The van der Waals surface area contributed by atoms with E-state index < -0.39 is 10.1 Å². The van der Waals surface area contributed by atoms with Crippen LogP contribution in [0.4, 0.5) is 11.4 Å². The van der Waals surface area contributed by atoms with E-state index >= 15 is 0 Å². The van der Waals surface area contributed by atoms with Gasteiger partial charge < -0.3 is 19.9 Å². The van der Waals surface area contributed by atoms with Crippen molar-refractivity contribution in [3.8, 4) is 5.75 Å². The molecule has 27 heavy (non-hydrogen) atoms. The minimum absolute atomic E-state index is 0. The van der Waals surface area contributed by atoms with Crippen molar-refractivity contribution in [2.24, 2.45) is 0 Å². The Morgan fingerprint density at radius 1 is 1.07 bits per heavy atom. The normalized spacial score (nSPS) is 10.6. The number of rotatable bonds is 8. The zero-order valence-electron chi connectivity index (χ0n) is 15.4. The first kappa shape index (κ1) is 23.9. The summed E-state index contributed by atoms with van der Waals surface area (Å²) in [5.41, 5.74) is 1.17. The van der Waals surface area contributed by atoms with E-state index in [4.69, 9.17) is 17.0 Å². The van der Waals surface area contributed by atoms with Crippen LogP contribution in [0.3, 0.4) is 0 Å². The molecule has 0 bridgehead atoms. The van der Waals surface area contributed by atoms with Gasteiger partial charge in [0, 0.05) is 11.4 Å². The third-order valence-electron chi connectivity index (χ3n) is 3.51. The van der Waals surface area contributed by atoms with Crippen molar-refractivity contribution in [3.05, 3.63) is 48.5 Å². The molecule has 0 spiro atoms. The molecule has 9 heteroatoms. The van der Waals surface area contributed by atoms with Crippen molar-refractivity contribution in [1.82, 2.24) is 0 Å². The summed E-state index contributed by atoms with van der Waals surface area (Å²) in [6.07, 6.45) is 3.33. The van der Waals surface area contributed by atoms with Gasteiger partial charge in [-0.15, -0.1) is 0 Å². The van der Waals surface area contributed by atoms with Crippen LogP contribution < -0.4 is 44.9 Å². The third-order valence-corrected chi connectivity index (χ3v) is 4.54. The van der Waals surface area contributed by atoms with E-state index in [1.165, 1.54) is 18.2 Å². The van der Waals surface area contributed by atoms with Crippen LogP contribution >= 0.6 is 12.2 Å². The summed E-state index contributed by atoms with van der Waals surface area (Å²) in [6, 6.07) is 12.9. The number of nitrogens with one attached hydrogen (secondary N) is 2. The van der Waals surface area contributed by atoms with Crippen LogP contribution in [0.25, 0.3) is 0 Å². The van der Waals surface area contributed by atoms with E-state index in [2.05, 4.69) is 17.6 Å². The minimum Gasteiger partial charge on any atom is -0.744 e. The van der Waals surface area contributed by atoms with E-state index in [9.17, 15) is 13.0 Å². The summed E-state index contributed by atoms with van der Waals surface area (Å²) >= 11 is 5.21. The average Bonchev–Trinajstić information content (AvgIpc) is 2.59. The van der Waals surface area contributed by atoms with Gasteiger partial charge in [-0.3, -0.25) is 0 Å². The molecule has 0 aliphatic rings. The molecule has 2 aromatic rings. The largest absolute Gasteiger partial charge is 1.00 e. The second kappa shape index (κ2) is 11.6. The zero-order valence-corrected chi connectivity index (χ0v) is 19.0. The first-order valence-electron chi connectivity index (χ1n) is 8.25. The molecule has 0 heterocycles. The maximum Gasteiger partial charge on any atom is 1.00 e. The van der Waals surface area contributed by atoms with E-state index in [-0.39, 0.29) is 39.6 Å². The number of ether oxygens (including phenoxy) is 1. The van der Waals surface area contributed by atoms with Gasteiger partial charge in [-0.1, -0.05) is 25.8 Å². The molecule has 2 rings (SSSR count). The predicted octanol–water partition coefficient (Wildman–Crippen LogP) is 0.973. The Hall–Kier alpha value is -1.16. The minimum atomic E-state index is -4.50. The summed E-state index contributed by atoms with van der Waals surface area (Å²) in [7, 11) is -4.50. The van der Waals surface area contributed by atoms with Gasteiger partial charge in [-0.2, -0.15) is 0 Å². The number of unbranched alkanes of at least 4 members (excludes halogenated alkanes) is 2. The SMILES string of the molecule is CCCCCOc1ccc(NC(=S)Nc2cccc(S(=O)(=O)[O-])c2)cc1.[Na+]. The molecule has 0 atom stereocenters. The smallest absolute Gasteiger partial charge is 0.744 e. The van der Waals surface area contributed by atoms with Gasteiger partial charge in [0.05, 0.1) is 11.5 Å². The molecule has 0 saturated heterocycles. The monoisotopic (exact) mass is 416 g/mol. The molecular formula is C18H21N2NaO4S2. The Morgan fingerprint density at radius 3 is 2.37 bits per heavy atom. The summed E-state index contributed by atoms with van der Waals surface area (Å²) in [6.45, 7) is 2.84. The molecule has 2 aromatic carbocycles. The molecule has 0 aliphatic heterocycles. The Bertz CT molecular complexity index is 843. The Kier molecular flexibility index (Phi) is 10.3. The molecule has 0 unspecified atom stereocenters. The first-order valence-corrected chi connectivity index (χ1v) is 10.1. The standard InChI is InChI=1S/C18H22N2O4S2.Na/c1-2-3-4-12-24-16-10-8-14(9-11-16)19-18(25)20-15-6-5-7-17(13-15)26(21,22)23;/h5-11,13H,2-4,12H2,1H3,(H2,19,20,25)(H,21,22,23);/q;+1/p-1. The molecule has 140 valence electrons. The molecule has 2 N–H and O–H groups in total. The van der Waals surface area contributed by atoms with Crippen molar-refractivity contribution in [1.29, 1.82) is 0 Å². The van der Waals surface area contributed by atoms with Crippen molar-refractivity contribution in [2.75, 3.05) is 17.2 Å². The Balaban J connectivity index is 0.00000364. The number of hydrogen-bond donors (Lipinski definition) is 2. The van der Waals surface area contributed by atoms with Gasteiger partial charge in [-0.05, 0) is 61.1 Å². The fourth-order valence-electron chi connectivity index (χ4n) is 2.20. The number of thiocarbonyl (C=S) groups is 1. The Morgan fingerprint density at radius 2 is 1.74 bits per heavy atom. The molecule has 0 fully saturated rings. The fourth-order valence-corrected chi connectivity index (χ4v) is 2.95. The Labute approximate surface area is 187 Å². The summed E-state index contributed by atoms with van der Waals surface area (Å²) in [5.74, 6) is 0.791. The molecular weight excluding hydrogens is 395 g/mol. The van der Waals surface area contributed by atoms with Gasteiger partial charge in [0.1, 0.15) is 15.9 Å². The van der Waals surface area contributed by atoms with Crippen LogP contribution in [-0.4, -0.2) is 24.7 Å². The van der Waals surface area contributed by atoms with Gasteiger partial charge in [-0.25, -0.2) is 8.42 Å². The number of benzene rings is 2. The van der Waals surface area contributed by atoms with Gasteiger partial charge in [0.2, 0.25) is 0 Å². The quantitative estimate of drug-likeness (QED) is 0.287. The topological polar surface area (TPSA) is 90.5 Å². The number of anilines is 2. The molecule has 0 saturated carbocycles. The maximum absolute atomic E-state index is 11.1. The third kappa shape index (κ3) is 8.59. The maximum atomic E-state index is 11.1. The van der Waals surface area contributed by atoms with Gasteiger partial charge in [0.25, 0.3) is 0 Å². The average molecular weight is 417 g/mol. The van der Waals surface area contributed by atoms with E-state index in [1.807, 2.05) is 24.3 Å². The van der Waals surface area contributed by atoms with E-state index in [1.54, 1.807) is 6.07 Å². The second-order valence-corrected chi connectivity index (χ2v) is 7.43. The summed E-state index contributed by atoms with van der Waals surface area (Å²) in [4.78, 5) is -0.310. The second-order valence-electron chi connectivity index (χ2n) is 5.64. The fraction of sp³-hybridized carbons (Fsp3) is 0.278. The first-order chi connectivity index (χ1) is 12.4. The van der Waals surface area contributed by atoms with Crippen LogP contribution in [0.15, 0.2) is 53.4 Å². The van der Waals surface area contributed by atoms with Crippen LogP contribution in [0.5, 0.6) is 5.75 Å². The predicted molar refractivity (Wildman–Crippen MR) is 106 cm³/mol. The van der Waals surface area contributed by atoms with Crippen LogP contribution in [0, 0.1) is 0 Å². The molecule has 0 radical (unpaired) electrons. The van der Waals surface area contributed by atoms with Crippen molar-refractivity contribution in [3.63, 3.8) is 0 Å². The molecule has 0 aromatic heterocycles. The van der Waals surface area contributed by atoms with Crippen LogP contribution in [-0.2, 0) is 10.1 Å². The van der Waals surface area contributed by atoms with Crippen LogP contribution in [0.1, 0.15) is 26.2 Å². The molecule has 0 aliphatic carbocycles. The summed E-state index contributed by atoms with van der Waals surface area (Å²) in [5, 5.41) is 6.12. The molecule has 0 amide bonds. The van der Waals surface area contributed by atoms with Gasteiger partial charge in [0.15, 0.2) is 5.11 Å². The van der Waals surface area contributed by atoms with Crippen molar-refractivity contribution in [2.45, 2.75) is 31.1 Å². The van der Waals surface area contributed by atoms with Crippen LogP contribution in [0.2, 0.25) is 0 Å². The zero-order chi connectivity index (χ0) is 19.0. The molecule has 6 nitrogen and oxygen atoms in total. The van der Waals surface area contributed by atoms with Crippen molar-refractivity contribution < 1.29 is 47.3 Å². The van der Waals surface area contributed by atoms with Gasteiger partial charge >= 0.3 is 29.6 Å². The number of hydrogen-bond acceptors (Lipinski definition) is 5. The summed E-state index contributed by atoms with van der Waals surface area (Å²) < 4.78 is 38.8. The van der Waals surface area contributed by atoms with E-state index in [0.29, 0.717) is 12.3 Å². The van der Waals surface area contributed by atoms with E-state index in [0.717, 1.165) is 30.7 Å².